The Morgan fingerprint density at radius 1 is 1.05 bits per heavy atom. The Bertz CT molecular complexity index is 1170. The smallest absolute Gasteiger partial charge is 0.408 e. The summed E-state index contributed by atoms with van der Waals surface area (Å²) in [6.07, 6.45) is 8.36. The monoisotopic (exact) mass is 535 g/mol. The number of aliphatic hydroxyl groups excluding tert-OH is 1. The van der Waals surface area contributed by atoms with Crippen molar-refractivity contribution in [2.24, 2.45) is 0 Å². The van der Waals surface area contributed by atoms with E-state index in [1.807, 2.05) is 25.1 Å². The summed E-state index contributed by atoms with van der Waals surface area (Å²) in [6, 6.07) is 11.9. The van der Waals surface area contributed by atoms with Gasteiger partial charge in [0.05, 0.1) is 6.61 Å². The predicted octanol–water partition coefficient (Wildman–Crippen LogP) is 4.95. The van der Waals surface area contributed by atoms with Gasteiger partial charge >= 0.3 is 6.09 Å². The molecule has 2 aromatic carbocycles. The van der Waals surface area contributed by atoms with Crippen molar-refractivity contribution in [3.8, 4) is 12.3 Å². The molecule has 0 radical (unpaired) electrons. The Kier molecular flexibility index (Phi) is 12.0. The van der Waals surface area contributed by atoms with Gasteiger partial charge < -0.3 is 25.4 Å². The van der Waals surface area contributed by atoms with E-state index >= 15 is 0 Å². The van der Waals surface area contributed by atoms with Crippen LogP contribution in [0.2, 0.25) is 0 Å². The van der Waals surface area contributed by atoms with Crippen molar-refractivity contribution in [2.45, 2.75) is 78.0 Å². The van der Waals surface area contributed by atoms with Crippen LogP contribution < -0.4 is 10.6 Å². The molecule has 0 aliphatic rings. The van der Waals surface area contributed by atoms with E-state index in [1.165, 1.54) is 4.90 Å². The molecule has 0 saturated carbocycles. The van der Waals surface area contributed by atoms with Crippen molar-refractivity contribution in [2.75, 3.05) is 18.5 Å². The molecular weight excluding hydrogens is 494 g/mol. The van der Waals surface area contributed by atoms with Crippen LogP contribution in [0.4, 0.5) is 10.5 Å². The molecule has 39 heavy (non-hydrogen) atoms. The third-order valence-electron chi connectivity index (χ3n) is 6.08. The van der Waals surface area contributed by atoms with Crippen LogP contribution in [0.25, 0.3) is 0 Å². The lowest BCUT2D eigenvalue weighted by Gasteiger charge is -2.34. The van der Waals surface area contributed by atoms with Gasteiger partial charge in [-0.25, -0.2) is 4.79 Å². The largest absolute Gasteiger partial charge is 0.444 e. The van der Waals surface area contributed by atoms with Crippen molar-refractivity contribution >= 4 is 23.6 Å². The molecule has 0 heterocycles. The summed E-state index contributed by atoms with van der Waals surface area (Å²) in [7, 11) is 0. The summed E-state index contributed by atoms with van der Waals surface area (Å²) in [5, 5.41) is 15.5. The number of amides is 3. The molecule has 0 aromatic heterocycles. The minimum absolute atomic E-state index is 0.218. The fourth-order valence-corrected chi connectivity index (χ4v) is 4.14. The van der Waals surface area contributed by atoms with Crippen molar-refractivity contribution in [3.05, 3.63) is 65.2 Å². The lowest BCUT2D eigenvalue weighted by Crippen LogP contribution is -2.54. The van der Waals surface area contributed by atoms with Gasteiger partial charge in [-0.2, -0.15) is 0 Å². The van der Waals surface area contributed by atoms with E-state index in [1.54, 1.807) is 51.1 Å². The first-order chi connectivity index (χ1) is 18.5. The van der Waals surface area contributed by atoms with Crippen LogP contribution in [0.3, 0.4) is 0 Å². The number of rotatable bonds is 12. The molecule has 0 spiro atoms. The maximum atomic E-state index is 13.9. The van der Waals surface area contributed by atoms with E-state index in [0.29, 0.717) is 23.2 Å². The summed E-state index contributed by atoms with van der Waals surface area (Å²) >= 11 is 0. The third-order valence-corrected chi connectivity index (χ3v) is 6.08. The van der Waals surface area contributed by atoms with Crippen molar-refractivity contribution in [1.82, 2.24) is 10.2 Å². The zero-order valence-electron chi connectivity index (χ0n) is 23.6. The number of aliphatic hydroxyl groups is 1. The number of benzene rings is 2. The Hall–Kier alpha value is -3.83. The number of carbonyl (C=O) groups is 3. The Morgan fingerprint density at radius 2 is 1.72 bits per heavy atom. The number of unbranched alkanes of at least 4 members (excludes halogenated alkanes) is 3. The molecule has 2 rings (SSSR count). The second-order valence-electron chi connectivity index (χ2n) is 10.4. The van der Waals surface area contributed by atoms with Gasteiger partial charge in [0.25, 0.3) is 5.91 Å². The number of terminal acetylenes is 1. The van der Waals surface area contributed by atoms with Crippen LogP contribution in [0, 0.1) is 19.3 Å². The first kappa shape index (κ1) is 31.4. The molecule has 8 nitrogen and oxygen atoms in total. The lowest BCUT2D eigenvalue weighted by molar-refractivity contribution is -0.141. The average Bonchev–Trinajstić information content (AvgIpc) is 2.89. The number of para-hydroxylation sites is 1. The standard InChI is InChI=1S/C31H41N3O5/c1-7-9-10-15-20-34(29(37)26(21-35)33-30(38)39-31(4,5)6)27(24-18-13-12-17-23(24)8-2)28(36)32-25-19-14-11-16-22(25)3/h2,11-14,16-19,26-27,35H,7,9-10,15,20-21H2,1,3-6H3,(H,32,36)(H,33,38). The van der Waals surface area contributed by atoms with E-state index in [4.69, 9.17) is 11.2 Å². The maximum Gasteiger partial charge on any atom is 0.408 e. The number of carbonyl (C=O) groups excluding carboxylic acids is 3. The minimum atomic E-state index is -1.32. The molecular formula is C31H41N3O5. The number of nitrogens with zero attached hydrogens (tertiary/aromatic N) is 1. The highest BCUT2D eigenvalue weighted by Gasteiger charge is 2.37. The summed E-state index contributed by atoms with van der Waals surface area (Å²) < 4.78 is 5.30. The number of hydrogen-bond donors (Lipinski definition) is 3. The number of anilines is 1. The third kappa shape index (κ3) is 9.45. The van der Waals surface area contributed by atoms with Gasteiger partial charge in [0.2, 0.25) is 5.91 Å². The van der Waals surface area contributed by atoms with Crippen molar-refractivity contribution < 1.29 is 24.2 Å². The number of ether oxygens (including phenoxy) is 1. The SMILES string of the molecule is C#Cc1ccccc1C(C(=O)Nc1ccccc1C)N(CCCCCC)C(=O)C(CO)NC(=O)OC(C)(C)C. The summed E-state index contributed by atoms with van der Waals surface area (Å²) in [6.45, 7) is 8.60. The Labute approximate surface area is 232 Å². The summed E-state index contributed by atoms with van der Waals surface area (Å²) in [4.78, 5) is 41.8. The normalized spacial score (nSPS) is 12.5. The predicted molar refractivity (Wildman–Crippen MR) is 153 cm³/mol. The zero-order chi connectivity index (χ0) is 29.0. The van der Waals surface area contributed by atoms with Gasteiger partial charge in [0.15, 0.2) is 0 Å². The van der Waals surface area contributed by atoms with E-state index in [2.05, 4.69) is 23.5 Å². The topological polar surface area (TPSA) is 108 Å². The van der Waals surface area contributed by atoms with Crippen LogP contribution in [0.5, 0.6) is 0 Å². The molecule has 0 aliphatic carbocycles. The molecule has 2 atom stereocenters. The summed E-state index contributed by atoms with van der Waals surface area (Å²) in [5.74, 6) is 1.55. The van der Waals surface area contributed by atoms with Gasteiger partial charge in [-0.05, 0) is 57.4 Å². The van der Waals surface area contributed by atoms with Crippen LogP contribution in [-0.4, -0.2) is 52.7 Å². The van der Waals surface area contributed by atoms with E-state index in [9.17, 15) is 19.5 Å². The molecule has 2 aromatic rings. The first-order valence-electron chi connectivity index (χ1n) is 13.3. The molecule has 0 bridgehead atoms. The molecule has 8 heteroatoms. The van der Waals surface area contributed by atoms with Crippen LogP contribution in [-0.2, 0) is 14.3 Å². The molecule has 0 aliphatic heterocycles. The Balaban J connectivity index is 2.55. The van der Waals surface area contributed by atoms with Gasteiger partial charge in [-0.15, -0.1) is 6.42 Å². The van der Waals surface area contributed by atoms with Crippen LogP contribution >= 0.6 is 0 Å². The zero-order valence-corrected chi connectivity index (χ0v) is 23.6. The lowest BCUT2D eigenvalue weighted by atomic mass is 9.97. The second kappa shape index (κ2) is 14.9. The number of alkyl carbamates (subject to hydrolysis) is 1. The first-order valence-corrected chi connectivity index (χ1v) is 13.3. The van der Waals surface area contributed by atoms with E-state index in [0.717, 1.165) is 24.8 Å². The Morgan fingerprint density at radius 3 is 2.33 bits per heavy atom. The van der Waals surface area contributed by atoms with Gasteiger partial charge in [0, 0.05) is 17.8 Å². The van der Waals surface area contributed by atoms with Crippen molar-refractivity contribution in [3.63, 3.8) is 0 Å². The molecule has 0 saturated heterocycles. The van der Waals surface area contributed by atoms with Crippen molar-refractivity contribution in [1.29, 1.82) is 0 Å². The molecule has 0 fully saturated rings. The number of nitrogens with one attached hydrogen (secondary N) is 2. The second-order valence-corrected chi connectivity index (χ2v) is 10.4. The minimum Gasteiger partial charge on any atom is -0.444 e. The molecule has 3 N–H and O–H groups in total. The fraction of sp³-hybridized carbons (Fsp3) is 0.452. The van der Waals surface area contributed by atoms with Gasteiger partial charge in [-0.1, -0.05) is 68.5 Å². The van der Waals surface area contributed by atoms with Crippen LogP contribution in [0.1, 0.15) is 76.1 Å². The van der Waals surface area contributed by atoms with Gasteiger partial charge in [-0.3, -0.25) is 9.59 Å². The van der Waals surface area contributed by atoms with E-state index in [-0.39, 0.29) is 6.54 Å². The highest BCUT2D eigenvalue weighted by atomic mass is 16.6. The van der Waals surface area contributed by atoms with E-state index < -0.39 is 42.2 Å². The number of aryl methyl sites for hydroxylation is 1. The molecule has 2 unspecified atom stereocenters. The van der Waals surface area contributed by atoms with Gasteiger partial charge in [0.1, 0.15) is 17.7 Å². The quantitative estimate of drug-likeness (QED) is 0.263. The molecule has 210 valence electrons. The summed E-state index contributed by atoms with van der Waals surface area (Å²) in [5.41, 5.74) is 1.61. The highest BCUT2D eigenvalue weighted by molar-refractivity contribution is 5.99. The fourth-order valence-electron chi connectivity index (χ4n) is 4.14. The van der Waals surface area contributed by atoms with Crippen LogP contribution in [0.15, 0.2) is 48.5 Å². The molecule has 3 amide bonds. The number of hydrogen-bond acceptors (Lipinski definition) is 5. The average molecular weight is 536 g/mol. The highest BCUT2D eigenvalue weighted by Crippen LogP contribution is 2.28. The maximum absolute atomic E-state index is 13.9.